The maximum absolute atomic E-state index is 11.8. The third kappa shape index (κ3) is 8.34. The van der Waals surface area contributed by atoms with Gasteiger partial charge in [0.15, 0.2) is 0 Å². The smallest absolute Gasteiger partial charge is 0.508 e. The fourth-order valence-electron chi connectivity index (χ4n) is 2.11. The Hall–Kier alpha value is -0.218. The number of carbonyl (C=O) groups excluding carboxylic acids is 1. The number of aromatic amines is 1. The molecule has 0 bridgehead atoms. The van der Waals surface area contributed by atoms with Gasteiger partial charge < -0.3 is 14.8 Å². The van der Waals surface area contributed by atoms with E-state index in [1.54, 1.807) is 30.8 Å². The third-order valence-corrected chi connectivity index (χ3v) is 4.12. The van der Waals surface area contributed by atoms with Crippen LogP contribution in [0.4, 0.5) is 0 Å². The van der Waals surface area contributed by atoms with Crippen molar-refractivity contribution in [2.24, 2.45) is 0 Å². The van der Waals surface area contributed by atoms with E-state index in [0.717, 1.165) is 21.5 Å². The van der Waals surface area contributed by atoms with Crippen LogP contribution in [0.1, 0.15) is 33.4 Å². The van der Waals surface area contributed by atoms with Gasteiger partial charge in [0.1, 0.15) is 5.75 Å². The lowest BCUT2D eigenvalue weighted by atomic mass is 10.2. The molecule has 1 aromatic heterocycles. The van der Waals surface area contributed by atoms with E-state index in [2.05, 4.69) is 25.8 Å². The summed E-state index contributed by atoms with van der Waals surface area (Å²) in [7, 11) is 14.8. The van der Waals surface area contributed by atoms with Gasteiger partial charge in [0.25, 0.3) is 0 Å². The van der Waals surface area contributed by atoms with Gasteiger partial charge in [0.05, 0.1) is 13.0 Å². The van der Waals surface area contributed by atoms with E-state index in [-0.39, 0.29) is 22.9 Å². The van der Waals surface area contributed by atoms with Gasteiger partial charge in [-0.3, -0.25) is 4.79 Å². The lowest BCUT2D eigenvalue weighted by molar-refractivity contribution is -0.142. The van der Waals surface area contributed by atoms with Gasteiger partial charge in [-0.25, -0.2) is 30.1 Å². The largest absolute Gasteiger partial charge is 0.643 e. The fourth-order valence-corrected chi connectivity index (χ4v) is 3.25. The van der Waals surface area contributed by atoms with E-state index in [4.69, 9.17) is 34.9 Å². The van der Waals surface area contributed by atoms with Crippen LogP contribution in [0, 0.1) is 0 Å². The Kier molecular flexibility index (Phi) is 9.31. The predicted molar refractivity (Wildman–Crippen MR) is 109 cm³/mol. The average Bonchev–Trinajstić information content (AvgIpc) is 2.74. The minimum absolute atomic E-state index is 0.00396. The van der Waals surface area contributed by atoms with Crippen LogP contribution in [0.25, 0.3) is 10.9 Å². The summed E-state index contributed by atoms with van der Waals surface area (Å²) in [5.41, 5.74) is 1.76. The second-order valence-electron chi connectivity index (χ2n) is 6.11. The number of benzene rings is 1. The highest BCUT2D eigenvalue weighted by atomic mass is 35.8. The summed E-state index contributed by atoms with van der Waals surface area (Å²) in [5, 5.41) is 10.7. The van der Waals surface area contributed by atoms with E-state index in [1.165, 1.54) is 0 Å². The van der Waals surface area contributed by atoms with Gasteiger partial charge in [-0.15, -0.1) is 11.8 Å². The number of carbonyl (C=O) groups is 1. The number of phenols is 1. The van der Waals surface area contributed by atoms with Crippen LogP contribution < -0.4 is 0 Å². The highest BCUT2D eigenvalue weighted by molar-refractivity contribution is 8.00. The first-order chi connectivity index (χ1) is 11.5. The summed E-state index contributed by atoms with van der Waals surface area (Å²) < 4.78 is 5.04. The maximum atomic E-state index is 11.8. The number of H-pyrrole nitrogens is 1. The average molecular weight is 441 g/mol. The Morgan fingerprint density at radius 3 is 2.44 bits per heavy atom. The molecule has 0 radical (unpaired) electrons. The Balaban J connectivity index is 0.000000705. The standard InChI is InChI=1S/C16H21NO3S.Al.3ClH/c1-5-20-14(19)9-13-15(21-16(2,3)4)11-8-10(18)6-7-12(11)17-13;;;;/h6-8,17-18H,5,9H2,1-4H3;;3*1H/q;+3;;;/p-3. The van der Waals surface area contributed by atoms with Crippen molar-refractivity contribution in [3.63, 3.8) is 0 Å². The summed E-state index contributed by atoms with van der Waals surface area (Å²) in [6, 6.07) is 5.19. The number of thioether (sulfide) groups is 1. The fraction of sp³-hybridized carbons (Fsp3) is 0.438. The Labute approximate surface area is 169 Å². The van der Waals surface area contributed by atoms with Crippen molar-refractivity contribution in [2.75, 3.05) is 6.61 Å². The van der Waals surface area contributed by atoms with Gasteiger partial charge in [0, 0.05) is 26.2 Å². The van der Waals surface area contributed by atoms with Crippen LogP contribution in [0.15, 0.2) is 23.1 Å². The molecule has 25 heavy (non-hydrogen) atoms. The minimum Gasteiger partial charge on any atom is -0.508 e. The van der Waals surface area contributed by atoms with Crippen molar-refractivity contribution < 1.29 is 14.6 Å². The molecule has 0 aliphatic carbocycles. The number of esters is 1. The first kappa shape index (κ1) is 22.8. The van der Waals surface area contributed by atoms with Crippen molar-refractivity contribution in [1.82, 2.24) is 4.98 Å². The molecule has 0 saturated carbocycles. The van der Waals surface area contributed by atoms with Crippen molar-refractivity contribution in [2.45, 2.75) is 43.8 Å². The Bertz CT molecular complexity index is 714. The first-order valence-electron chi connectivity index (χ1n) is 7.64. The molecule has 0 spiro atoms. The molecule has 4 nitrogen and oxygen atoms in total. The summed E-state index contributed by atoms with van der Waals surface area (Å²) in [6.07, 6.45) is 0.210. The number of ether oxygens (including phenoxy) is 1. The second-order valence-corrected chi connectivity index (χ2v) is 14.4. The molecule has 0 aliphatic rings. The monoisotopic (exact) mass is 439 g/mol. The molecular weight excluding hydrogens is 420 g/mol. The van der Waals surface area contributed by atoms with Crippen molar-refractivity contribution in [3.05, 3.63) is 23.9 Å². The molecule has 0 saturated heterocycles. The number of hydrogen-bond donors (Lipinski definition) is 2. The molecule has 9 heteroatoms. The van der Waals surface area contributed by atoms with Crippen molar-refractivity contribution in [3.8, 4) is 5.75 Å². The van der Waals surface area contributed by atoms with Gasteiger partial charge in [-0.2, -0.15) is 0 Å². The number of halogens is 3. The summed E-state index contributed by atoms with van der Waals surface area (Å²) in [4.78, 5) is 16.0. The van der Waals surface area contributed by atoms with Crippen molar-refractivity contribution >= 4 is 70.2 Å². The molecular formula is C16H21AlCl3NO3S. The normalized spacial score (nSPS) is 11.0. The molecule has 0 fully saturated rings. The molecule has 2 rings (SSSR count). The summed E-state index contributed by atoms with van der Waals surface area (Å²) in [5.74, 6) is -0.0241. The van der Waals surface area contributed by atoms with E-state index < -0.39 is 11.4 Å². The lowest BCUT2D eigenvalue weighted by Crippen LogP contribution is -2.11. The number of fused-ring (bicyclic) bond motifs is 1. The number of hydrogen-bond acceptors (Lipinski definition) is 4. The third-order valence-electron chi connectivity index (χ3n) is 2.84. The molecule has 0 amide bonds. The molecule has 0 unspecified atom stereocenters. The molecule has 2 aromatic rings. The van der Waals surface area contributed by atoms with Crippen LogP contribution in [0.3, 0.4) is 0 Å². The molecule has 1 heterocycles. The number of phenolic OH excluding ortho intramolecular Hbond substituents is 1. The van der Waals surface area contributed by atoms with Gasteiger partial charge in [-0.05, 0) is 25.1 Å². The van der Waals surface area contributed by atoms with Crippen LogP contribution in [-0.4, -0.2) is 38.8 Å². The minimum atomic E-state index is -1.72. The summed E-state index contributed by atoms with van der Waals surface area (Å²) >= 11 is -0.0401. The zero-order valence-corrected chi connectivity index (χ0v) is 18.8. The number of aromatic hydroxyl groups is 1. The zero-order chi connectivity index (χ0) is 19.2. The highest BCUT2D eigenvalue weighted by Crippen LogP contribution is 2.40. The van der Waals surface area contributed by atoms with Gasteiger partial charge in [-0.1, -0.05) is 20.8 Å². The van der Waals surface area contributed by atoms with E-state index in [9.17, 15) is 9.90 Å². The predicted octanol–water partition coefficient (Wildman–Crippen LogP) is 5.56. The Morgan fingerprint density at radius 2 is 1.92 bits per heavy atom. The molecule has 0 aliphatic heterocycles. The SMILES string of the molecule is CCOC(=O)Cc1[nH]c2ccc(O)cc2c1SC(C)(C)C.[Cl][Al]([Cl])[Cl]. The molecule has 2 N–H and O–H groups in total. The number of rotatable bonds is 4. The lowest BCUT2D eigenvalue weighted by Gasteiger charge is -2.18. The van der Waals surface area contributed by atoms with E-state index in [0.29, 0.717) is 6.61 Å². The topological polar surface area (TPSA) is 62.3 Å². The molecule has 0 atom stereocenters. The Morgan fingerprint density at radius 1 is 1.32 bits per heavy atom. The van der Waals surface area contributed by atoms with Crippen LogP contribution in [0.2, 0.25) is 0 Å². The zero-order valence-electron chi connectivity index (χ0n) is 14.5. The summed E-state index contributed by atoms with van der Waals surface area (Å²) in [6.45, 7) is 8.53. The number of aromatic nitrogens is 1. The van der Waals surface area contributed by atoms with Crippen LogP contribution >= 0.6 is 41.9 Å². The molecule has 1 aromatic carbocycles. The van der Waals surface area contributed by atoms with Gasteiger partial charge >= 0.3 is 17.4 Å². The highest BCUT2D eigenvalue weighted by Gasteiger charge is 2.21. The van der Waals surface area contributed by atoms with Gasteiger partial charge in [0.2, 0.25) is 0 Å². The van der Waals surface area contributed by atoms with Crippen LogP contribution in [0.5, 0.6) is 5.75 Å². The van der Waals surface area contributed by atoms with Crippen molar-refractivity contribution in [1.29, 1.82) is 0 Å². The number of nitrogens with one attached hydrogen (secondary N) is 1. The second kappa shape index (κ2) is 10.2. The molecule has 138 valence electrons. The first-order valence-corrected chi connectivity index (χ1v) is 13.7. The quantitative estimate of drug-likeness (QED) is 0.371. The maximum Gasteiger partial charge on any atom is 0.643 e. The van der Waals surface area contributed by atoms with E-state index in [1.807, 2.05) is 6.07 Å². The van der Waals surface area contributed by atoms with E-state index >= 15 is 0 Å². The van der Waals surface area contributed by atoms with Crippen LogP contribution in [-0.2, 0) is 16.0 Å².